The maximum Gasteiger partial charge on any atom is 0.416 e. The predicted molar refractivity (Wildman–Crippen MR) is 188 cm³/mol. The van der Waals surface area contributed by atoms with E-state index in [1.54, 1.807) is 4.90 Å². The first-order valence-corrected chi connectivity index (χ1v) is 20.1. The van der Waals surface area contributed by atoms with Crippen LogP contribution < -0.4 is 5.32 Å². The highest BCUT2D eigenvalue weighted by Crippen LogP contribution is 2.37. The molecule has 302 valence electrons. The molecule has 3 fully saturated rings. The highest BCUT2D eigenvalue weighted by molar-refractivity contribution is 7.88. The number of piperidine rings is 2. The van der Waals surface area contributed by atoms with Gasteiger partial charge in [0.1, 0.15) is 0 Å². The summed E-state index contributed by atoms with van der Waals surface area (Å²) < 4.78 is 113. The van der Waals surface area contributed by atoms with Crippen LogP contribution in [0.15, 0.2) is 42.5 Å². The van der Waals surface area contributed by atoms with Crippen molar-refractivity contribution in [1.82, 2.24) is 23.9 Å². The standard InChI is InChI=1S/C36H44F6N6O6S/c1-55(52,53)47-18-16-44(17-19-47)28-7-11-45(12-8-28)32(49)31(22-24-20-26(35(37,38)39)23-27(21-24)36(40,41)42)54-34(51)46-13-9-29(10-14-46)48-15-6-25-4-2-3-5-30(25)43-33(48)50/h2-5,20-21,23,28-29,31H,6-19,22H2,1H3,(H,43,50)/t31-/m1/s1. The number of para-hydroxylation sites is 1. The van der Waals surface area contributed by atoms with E-state index in [1.165, 1.54) is 14.1 Å². The van der Waals surface area contributed by atoms with Gasteiger partial charge in [-0.3, -0.25) is 9.69 Å². The Balaban J connectivity index is 1.14. The van der Waals surface area contributed by atoms with Crippen LogP contribution in [0.4, 0.5) is 41.6 Å². The summed E-state index contributed by atoms with van der Waals surface area (Å²) >= 11 is 0. The number of amides is 4. The monoisotopic (exact) mass is 802 g/mol. The van der Waals surface area contributed by atoms with Gasteiger partial charge in [0.15, 0.2) is 6.10 Å². The molecule has 0 saturated carbocycles. The number of piperazine rings is 1. The molecule has 0 bridgehead atoms. The van der Waals surface area contributed by atoms with Crippen LogP contribution in [0, 0.1) is 0 Å². The molecule has 19 heteroatoms. The highest BCUT2D eigenvalue weighted by Gasteiger charge is 2.40. The molecule has 55 heavy (non-hydrogen) atoms. The number of anilines is 1. The van der Waals surface area contributed by atoms with Gasteiger partial charge in [-0.25, -0.2) is 18.0 Å². The van der Waals surface area contributed by atoms with Crippen molar-refractivity contribution >= 4 is 33.7 Å². The zero-order valence-electron chi connectivity index (χ0n) is 30.2. The van der Waals surface area contributed by atoms with Crippen molar-refractivity contribution in [2.75, 3.05) is 70.5 Å². The quantitative estimate of drug-likeness (QED) is 0.396. The van der Waals surface area contributed by atoms with E-state index in [-0.39, 0.29) is 50.4 Å². The zero-order valence-corrected chi connectivity index (χ0v) is 31.1. The van der Waals surface area contributed by atoms with Crippen molar-refractivity contribution in [2.45, 2.75) is 69.1 Å². The Morgan fingerprint density at radius 3 is 1.95 bits per heavy atom. The molecule has 0 radical (unpaired) electrons. The van der Waals surface area contributed by atoms with Gasteiger partial charge in [0.2, 0.25) is 10.0 Å². The summed E-state index contributed by atoms with van der Waals surface area (Å²) in [5.41, 5.74) is -1.84. The van der Waals surface area contributed by atoms with E-state index in [2.05, 4.69) is 10.2 Å². The maximum atomic E-state index is 14.0. The lowest BCUT2D eigenvalue weighted by Gasteiger charge is -2.42. The van der Waals surface area contributed by atoms with E-state index < -0.39 is 63.6 Å². The van der Waals surface area contributed by atoms with E-state index >= 15 is 0 Å². The largest absolute Gasteiger partial charge is 0.436 e. The third-order valence-corrected chi connectivity index (χ3v) is 12.2. The van der Waals surface area contributed by atoms with Gasteiger partial charge in [-0.2, -0.15) is 30.6 Å². The summed E-state index contributed by atoms with van der Waals surface area (Å²) in [5, 5.41) is 2.92. The number of rotatable bonds is 7. The first kappa shape index (κ1) is 40.6. The summed E-state index contributed by atoms with van der Waals surface area (Å²) in [7, 11) is -3.33. The third kappa shape index (κ3) is 9.83. The number of hydrogen-bond acceptors (Lipinski definition) is 7. The number of halogens is 6. The normalized spacial score (nSPS) is 20.8. The average molecular weight is 803 g/mol. The number of ether oxygens (including phenoxy) is 1. The molecule has 4 amide bonds. The van der Waals surface area contributed by atoms with Gasteiger partial charge in [-0.15, -0.1) is 0 Å². The molecule has 2 aromatic rings. The minimum atomic E-state index is -5.11. The Morgan fingerprint density at radius 2 is 1.36 bits per heavy atom. The van der Waals surface area contributed by atoms with Crippen LogP contribution >= 0.6 is 0 Å². The van der Waals surface area contributed by atoms with Gasteiger partial charge >= 0.3 is 24.5 Å². The number of sulfonamides is 1. The Hall–Kier alpha value is -4.10. The second kappa shape index (κ2) is 16.2. The van der Waals surface area contributed by atoms with Gasteiger partial charge in [-0.05, 0) is 67.5 Å². The van der Waals surface area contributed by atoms with Crippen LogP contribution in [0.2, 0.25) is 0 Å². The number of likely N-dealkylation sites (tertiary alicyclic amines) is 2. The summed E-state index contributed by atoms with van der Waals surface area (Å²) in [6.45, 7) is 2.75. The fraction of sp³-hybridized carbons (Fsp3) is 0.583. The molecule has 4 aliphatic heterocycles. The van der Waals surface area contributed by atoms with Gasteiger partial charge in [0.25, 0.3) is 5.91 Å². The molecule has 1 N–H and O–H groups in total. The number of nitrogens with zero attached hydrogens (tertiary/aromatic N) is 5. The molecule has 3 saturated heterocycles. The summed E-state index contributed by atoms with van der Waals surface area (Å²) in [4.78, 5) is 47.2. The van der Waals surface area contributed by atoms with E-state index in [4.69, 9.17) is 4.74 Å². The van der Waals surface area contributed by atoms with Gasteiger partial charge < -0.3 is 24.8 Å². The Labute approximate surface area is 315 Å². The van der Waals surface area contributed by atoms with Crippen LogP contribution in [0.1, 0.15) is 47.9 Å². The number of alkyl halides is 6. The molecule has 1 atom stereocenters. The lowest BCUT2D eigenvalue weighted by Crippen LogP contribution is -2.55. The molecular weight excluding hydrogens is 758 g/mol. The van der Waals surface area contributed by atoms with Crippen LogP contribution in [0.3, 0.4) is 0 Å². The van der Waals surface area contributed by atoms with Crippen LogP contribution in [-0.2, 0) is 44.7 Å². The topological polar surface area (TPSA) is 123 Å². The fourth-order valence-electron chi connectivity index (χ4n) is 7.88. The number of carbonyl (C=O) groups is 3. The van der Waals surface area contributed by atoms with Crippen LogP contribution in [0.25, 0.3) is 0 Å². The highest BCUT2D eigenvalue weighted by atomic mass is 32.2. The molecule has 4 heterocycles. The molecular formula is C36H44F6N6O6S. The molecule has 6 rings (SSSR count). The summed E-state index contributed by atoms with van der Waals surface area (Å²) in [6, 6.07) is 8.08. The lowest BCUT2D eigenvalue weighted by molar-refractivity contribution is -0.143. The van der Waals surface area contributed by atoms with E-state index in [9.17, 15) is 49.1 Å². The molecule has 4 aliphatic rings. The zero-order chi connectivity index (χ0) is 39.7. The van der Waals surface area contributed by atoms with Gasteiger partial charge in [0, 0.05) is 83.1 Å². The Bertz CT molecular complexity index is 1810. The third-order valence-electron chi connectivity index (χ3n) is 10.9. The van der Waals surface area contributed by atoms with E-state index in [0.717, 1.165) is 17.5 Å². The minimum Gasteiger partial charge on any atom is -0.436 e. The smallest absolute Gasteiger partial charge is 0.416 e. The van der Waals surface area contributed by atoms with Crippen molar-refractivity contribution in [3.05, 3.63) is 64.7 Å². The molecule has 0 aromatic heterocycles. The first-order chi connectivity index (χ1) is 25.9. The fourth-order valence-corrected chi connectivity index (χ4v) is 8.71. The van der Waals surface area contributed by atoms with Crippen molar-refractivity contribution in [1.29, 1.82) is 0 Å². The van der Waals surface area contributed by atoms with Crippen LogP contribution in [-0.4, -0.2) is 134 Å². The van der Waals surface area contributed by atoms with Crippen molar-refractivity contribution < 1.29 is 53.9 Å². The van der Waals surface area contributed by atoms with E-state index in [0.29, 0.717) is 77.0 Å². The minimum absolute atomic E-state index is 0.000263. The first-order valence-electron chi connectivity index (χ1n) is 18.2. The van der Waals surface area contributed by atoms with E-state index in [1.807, 2.05) is 24.3 Å². The molecule has 12 nitrogen and oxygen atoms in total. The molecule has 0 spiro atoms. The Kier molecular flexibility index (Phi) is 11.9. The van der Waals surface area contributed by atoms with Gasteiger partial charge in [0.05, 0.1) is 17.4 Å². The number of fused-ring (bicyclic) bond motifs is 1. The average Bonchev–Trinajstić information content (AvgIpc) is 3.31. The number of benzene rings is 2. The number of hydrogen-bond donors (Lipinski definition) is 1. The SMILES string of the molecule is CS(=O)(=O)N1CCN(C2CCN(C(=O)[C@@H](Cc3cc(C(F)(F)F)cc(C(F)(F)F)c3)OC(=O)N3CCC(N4CCc5ccccc5NC4=O)CC3)CC2)CC1. The summed E-state index contributed by atoms with van der Waals surface area (Å²) in [5.74, 6) is -0.740. The number of urea groups is 1. The lowest BCUT2D eigenvalue weighted by atomic mass is 9.98. The number of carbonyl (C=O) groups excluding carboxylic acids is 3. The second-order valence-corrected chi connectivity index (χ2v) is 16.5. The molecule has 2 aromatic carbocycles. The molecule has 0 aliphatic carbocycles. The Morgan fingerprint density at radius 1 is 0.800 bits per heavy atom. The number of nitrogens with one attached hydrogen (secondary N) is 1. The van der Waals surface area contributed by atoms with Crippen molar-refractivity contribution in [2.24, 2.45) is 0 Å². The predicted octanol–water partition coefficient (Wildman–Crippen LogP) is 4.89. The molecule has 0 unspecified atom stereocenters. The van der Waals surface area contributed by atoms with Gasteiger partial charge in [-0.1, -0.05) is 18.2 Å². The summed E-state index contributed by atoms with van der Waals surface area (Å²) in [6.07, 6.45) is -10.1. The van der Waals surface area contributed by atoms with Crippen molar-refractivity contribution in [3.63, 3.8) is 0 Å². The maximum absolute atomic E-state index is 14.0. The second-order valence-electron chi connectivity index (χ2n) is 14.5. The van der Waals surface area contributed by atoms with Crippen molar-refractivity contribution in [3.8, 4) is 0 Å². The van der Waals surface area contributed by atoms with Crippen LogP contribution in [0.5, 0.6) is 0 Å².